The highest BCUT2D eigenvalue weighted by Crippen LogP contribution is 2.55. The van der Waals surface area contributed by atoms with Gasteiger partial charge in [0.25, 0.3) is 0 Å². The second-order valence-electron chi connectivity index (χ2n) is 17.0. The Labute approximate surface area is 298 Å². The first-order valence-electron chi connectivity index (χ1n) is 22.6. The average Bonchev–Trinajstić information content (AvgIpc) is 3.06. The summed E-state index contributed by atoms with van der Waals surface area (Å²) in [4.78, 5) is 13.8. The maximum Gasteiger partial charge on any atom is 0.134 e. The predicted molar refractivity (Wildman–Crippen MR) is 213 cm³/mol. The van der Waals surface area contributed by atoms with E-state index in [4.69, 9.17) is 0 Å². The Morgan fingerprint density at radius 2 is 0.511 bits per heavy atom. The van der Waals surface area contributed by atoms with Gasteiger partial charge < -0.3 is 0 Å². The summed E-state index contributed by atoms with van der Waals surface area (Å²) in [5.74, 6) is 0.648. The smallest absolute Gasteiger partial charge is 0.134 e. The van der Waals surface area contributed by atoms with E-state index in [9.17, 15) is 4.79 Å². The van der Waals surface area contributed by atoms with Gasteiger partial charge in [-0.15, -0.1) is 0 Å². The van der Waals surface area contributed by atoms with Gasteiger partial charge in [0, 0.05) is 12.8 Å². The molecule has 1 heteroatoms. The molecule has 0 N–H and O–H groups in total. The lowest BCUT2D eigenvalue weighted by Gasteiger charge is -2.48. The molecule has 0 heterocycles. The zero-order chi connectivity index (χ0) is 34.2. The van der Waals surface area contributed by atoms with Gasteiger partial charge in [0.1, 0.15) is 5.78 Å². The summed E-state index contributed by atoms with van der Waals surface area (Å²) < 4.78 is 0. The molecule has 280 valence electrons. The van der Waals surface area contributed by atoms with Gasteiger partial charge in [0.2, 0.25) is 0 Å². The van der Waals surface area contributed by atoms with Gasteiger partial charge >= 0.3 is 0 Å². The topological polar surface area (TPSA) is 17.1 Å². The predicted octanol–water partition coefficient (Wildman–Crippen LogP) is 16.8. The third-order valence-corrected chi connectivity index (χ3v) is 12.1. The van der Waals surface area contributed by atoms with Crippen LogP contribution < -0.4 is 0 Å². The number of Topliss-reactive ketones (excluding diaryl/α,β-unsaturated/α-hetero) is 1. The van der Waals surface area contributed by atoms with E-state index in [-0.39, 0.29) is 0 Å². The Balaban J connectivity index is 2.85. The van der Waals surface area contributed by atoms with Crippen LogP contribution in [0.4, 0.5) is 0 Å². The maximum absolute atomic E-state index is 13.8. The number of rotatable bonds is 36. The zero-order valence-electron chi connectivity index (χ0n) is 33.5. The fraction of sp³-hybridized carbons (Fsp3) is 0.978. The van der Waals surface area contributed by atoms with Crippen LogP contribution in [0, 0.1) is 10.8 Å². The molecule has 0 amide bonds. The molecule has 0 aromatic carbocycles. The third-order valence-electron chi connectivity index (χ3n) is 12.1. The third kappa shape index (κ3) is 24.5. The van der Waals surface area contributed by atoms with Gasteiger partial charge in [0.15, 0.2) is 0 Å². The molecular formula is C46H90O. The van der Waals surface area contributed by atoms with Gasteiger partial charge in [-0.1, -0.05) is 233 Å². The highest BCUT2D eigenvalue weighted by molar-refractivity contribution is 5.81. The molecule has 0 spiro atoms. The van der Waals surface area contributed by atoms with E-state index in [2.05, 4.69) is 27.7 Å². The Hall–Kier alpha value is -0.330. The Morgan fingerprint density at radius 3 is 0.723 bits per heavy atom. The normalized spacial score (nSPS) is 15.9. The highest BCUT2D eigenvalue weighted by atomic mass is 16.1. The Bertz CT molecular complexity index is 570. The van der Waals surface area contributed by atoms with E-state index in [1.54, 1.807) is 0 Å². The fourth-order valence-electron chi connectivity index (χ4n) is 9.31. The standard InChI is InChI=1S/C46H90O/c1-5-9-13-17-21-25-29-33-37-45(38-34-30-26-22-18-14-10-6-2)41-44(47)42-46(43-45,39-35-31-27-23-19-15-11-7-3)40-36-32-28-24-20-16-12-8-4/h5-43H2,1-4H3. The summed E-state index contributed by atoms with van der Waals surface area (Å²) in [5, 5.41) is 0. The fourth-order valence-corrected chi connectivity index (χ4v) is 9.31. The van der Waals surface area contributed by atoms with Gasteiger partial charge in [-0.3, -0.25) is 4.79 Å². The largest absolute Gasteiger partial charge is 0.300 e. The minimum Gasteiger partial charge on any atom is -0.300 e. The van der Waals surface area contributed by atoms with Crippen molar-refractivity contribution in [3.8, 4) is 0 Å². The average molecular weight is 659 g/mol. The van der Waals surface area contributed by atoms with Crippen LogP contribution >= 0.6 is 0 Å². The van der Waals surface area contributed by atoms with Crippen molar-refractivity contribution in [3.63, 3.8) is 0 Å². The van der Waals surface area contributed by atoms with Crippen molar-refractivity contribution in [2.24, 2.45) is 10.8 Å². The van der Waals surface area contributed by atoms with Crippen molar-refractivity contribution in [3.05, 3.63) is 0 Å². The summed E-state index contributed by atoms with van der Waals surface area (Å²) in [6.07, 6.45) is 53.3. The molecule has 0 aromatic heterocycles. The second kappa shape index (κ2) is 31.6. The van der Waals surface area contributed by atoms with E-state index in [0.717, 1.165) is 12.8 Å². The lowest BCUT2D eigenvalue weighted by molar-refractivity contribution is -0.131. The molecule has 0 aliphatic heterocycles. The van der Waals surface area contributed by atoms with E-state index in [1.807, 2.05) is 0 Å². The summed E-state index contributed by atoms with van der Waals surface area (Å²) in [6.45, 7) is 9.28. The Kier molecular flexibility index (Phi) is 30.1. The second-order valence-corrected chi connectivity index (χ2v) is 17.0. The van der Waals surface area contributed by atoms with E-state index >= 15 is 0 Å². The van der Waals surface area contributed by atoms with Gasteiger partial charge in [0.05, 0.1) is 0 Å². The number of carbonyl (C=O) groups is 1. The molecule has 0 unspecified atom stereocenters. The molecule has 47 heavy (non-hydrogen) atoms. The van der Waals surface area contributed by atoms with Crippen molar-refractivity contribution >= 4 is 5.78 Å². The first kappa shape index (κ1) is 44.7. The molecule has 1 nitrogen and oxygen atoms in total. The summed E-state index contributed by atoms with van der Waals surface area (Å²) in [6, 6.07) is 0. The van der Waals surface area contributed by atoms with Crippen molar-refractivity contribution in [2.45, 2.75) is 278 Å². The van der Waals surface area contributed by atoms with Crippen molar-refractivity contribution < 1.29 is 4.79 Å². The van der Waals surface area contributed by atoms with Crippen LogP contribution in [-0.2, 0) is 4.79 Å². The summed E-state index contributed by atoms with van der Waals surface area (Å²) >= 11 is 0. The molecule has 0 atom stereocenters. The van der Waals surface area contributed by atoms with Crippen molar-refractivity contribution in [1.82, 2.24) is 0 Å². The number of hydrogen-bond acceptors (Lipinski definition) is 1. The zero-order valence-corrected chi connectivity index (χ0v) is 33.5. The lowest BCUT2D eigenvalue weighted by Crippen LogP contribution is -2.41. The molecular weight excluding hydrogens is 569 g/mol. The Morgan fingerprint density at radius 1 is 0.319 bits per heavy atom. The minimum absolute atomic E-state index is 0.306. The summed E-state index contributed by atoms with van der Waals surface area (Å²) in [5.41, 5.74) is 0.611. The van der Waals surface area contributed by atoms with E-state index < -0.39 is 0 Å². The minimum atomic E-state index is 0.306. The molecule has 0 radical (unpaired) electrons. The van der Waals surface area contributed by atoms with Crippen LogP contribution in [0.15, 0.2) is 0 Å². The van der Waals surface area contributed by atoms with Crippen molar-refractivity contribution in [1.29, 1.82) is 0 Å². The molecule has 0 saturated heterocycles. The first-order chi connectivity index (χ1) is 23.1. The van der Waals surface area contributed by atoms with E-state index in [0.29, 0.717) is 16.6 Å². The van der Waals surface area contributed by atoms with Crippen LogP contribution in [0.2, 0.25) is 0 Å². The SMILES string of the molecule is CCCCCCCCCCC1(CCCCCCCCCC)CC(=O)CC(CCCCCCCCCC)(CCCCCCCCCC)C1. The maximum atomic E-state index is 13.8. The summed E-state index contributed by atoms with van der Waals surface area (Å²) in [7, 11) is 0. The van der Waals surface area contributed by atoms with Crippen LogP contribution in [0.1, 0.15) is 278 Å². The molecule has 1 fully saturated rings. The van der Waals surface area contributed by atoms with Gasteiger partial charge in [-0.2, -0.15) is 0 Å². The molecule has 0 bridgehead atoms. The molecule has 1 rings (SSSR count). The van der Waals surface area contributed by atoms with E-state index in [1.165, 1.54) is 238 Å². The van der Waals surface area contributed by atoms with Crippen LogP contribution in [0.3, 0.4) is 0 Å². The van der Waals surface area contributed by atoms with Crippen LogP contribution in [0.25, 0.3) is 0 Å². The van der Waals surface area contributed by atoms with Gasteiger partial charge in [-0.05, 0) is 42.9 Å². The van der Waals surface area contributed by atoms with Crippen LogP contribution in [-0.4, -0.2) is 5.78 Å². The number of carbonyl (C=O) groups excluding carboxylic acids is 1. The van der Waals surface area contributed by atoms with Gasteiger partial charge in [-0.25, -0.2) is 0 Å². The number of unbranched alkanes of at least 4 members (excludes halogenated alkanes) is 28. The van der Waals surface area contributed by atoms with Crippen molar-refractivity contribution in [2.75, 3.05) is 0 Å². The first-order valence-corrected chi connectivity index (χ1v) is 22.6. The molecule has 1 aliphatic rings. The quantitative estimate of drug-likeness (QED) is 0.0612. The number of hydrogen-bond donors (Lipinski definition) is 0. The van der Waals surface area contributed by atoms with Crippen LogP contribution in [0.5, 0.6) is 0 Å². The molecule has 1 saturated carbocycles. The lowest BCUT2D eigenvalue weighted by atomic mass is 9.55. The highest BCUT2D eigenvalue weighted by Gasteiger charge is 2.46. The number of ketones is 1. The molecule has 0 aromatic rings. The monoisotopic (exact) mass is 659 g/mol. The molecule has 1 aliphatic carbocycles.